The van der Waals surface area contributed by atoms with E-state index in [1.54, 1.807) is 0 Å². The van der Waals surface area contributed by atoms with Crippen molar-refractivity contribution in [2.24, 2.45) is 23.5 Å². The van der Waals surface area contributed by atoms with Gasteiger partial charge in [-0.1, -0.05) is 36.8 Å². The smallest absolute Gasteiger partial charge is 0.227 e. The second-order valence-corrected chi connectivity index (χ2v) is 8.54. The highest BCUT2D eigenvalue weighted by Crippen LogP contribution is 2.42. The predicted octanol–water partition coefficient (Wildman–Crippen LogP) is 4.95. The molecule has 1 amide bonds. The zero-order valence-electron chi connectivity index (χ0n) is 16.6. The lowest BCUT2D eigenvalue weighted by atomic mass is 9.65. The van der Waals surface area contributed by atoms with Crippen molar-refractivity contribution in [3.63, 3.8) is 0 Å². The summed E-state index contributed by atoms with van der Waals surface area (Å²) in [4.78, 5) is 12.8. The van der Waals surface area contributed by atoms with Crippen LogP contribution in [0.1, 0.15) is 50.6 Å². The Bertz CT molecular complexity index is 775. The van der Waals surface area contributed by atoms with E-state index in [1.165, 1.54) is 24.8 Å². The summed E-state index contributed by atoms with van der Waals surface area (Å²) in [6, 6.07) is 18.9. The molecule has 0 spiro atoms. The monoisotopic (exact) mass is 377 g/mol. The number of anilines is 2. The van der Waals surface area contributed by atoms with Crippen LogP contribution in [0.3, 0.4) is 0 Å². The fourth-order valence-corrected chi connectivity index (χ4v) is 4.97. The van der Waals surface area contributed by atoms with E-state index in [0.717, 1.165) is 24.2 Å². The number of nitrogens with one attached hydrogen (secondary N) is 2. The lowest BCUT2D eigenvalue weighted by Gasteiger charge is -2.43. The van der Waals surface area contributed by atoms with Gasteiger partial charge in [0.05, 0.1) is 0 Å². The fraction of sp³-hybridized carbons (Fsp3) is 0.458. The highest BCUT2D eigenvalue weighted by molar-refractivity contribution is 5.92. The van der Waals surface area contributed by atoms with E-state index < -0.39 is 0 Å². The Hall–Kier alpha value is -2.33. The van der Waals surface area contributed by atoms with Gasteiger partial charge in [-0.3, -0.25) is 4.79 Å². The molecule has 2 aliphatic rings. The average molecular weight is 378 g/mol. The van der Waals surface area contributed by atoms with Crippen molar-refractivity contribution in [3.05, 3.63) is 60.2 Å². The molecule has 3 atom stereocenters. The maximum atomic E-state index is 12.8. The Balaban J connectivity index is 1.33. The van der Waals surface area contributed by atoms with Gasteiger partial charge in [-0.25, -0.2) is 0 Å². The number of fused-ring (bicyclic) bond motifs is 2. The zero-order valence-corrected chi connectivity index (χ0v) is 16.6. The molecule has 2 aliphatic carbocycles. The van der Waals surface area contributed by atoms with Crippen LogP contribution < -0.4 is 16.4 Å². The molecule has 4 rings (SSSR count). The minimum Gasteiger partial charge on any atom is -0.379 e. The first-order chi connectivity index (χ1) is 13.6. The quantitative estimate of drug-likeness (QED) is 0.690. The molecular formula is C24H31N3O. The van der Waals surface area contributed by atoms with E-state index in [1.807, 2.05) is 30.3 Å². The van der Waals surface area contributed by atoms with E-state index in [-0.39, 0.29) is 17.9 Å². The minimum atomic E-state index is 0.103. The molecule has 0 aliphatic heterocycles. The Labute approximate surface area is 167 Å². The molecule has 2 saturated carbocycles. The van der Waals surface area contributed by atoms with E-state index in [0.29, 0.717) is 17.9 Å². The van der Waals surface area contributed by atoms with Crippen LogP contribution in [0.4, 0.5) is 11.4 Å². The van der Waals surface area contributed by atoms with Crippen molar-refractivity contribution >= 4 is 17.3 Å². The number of rotatable bonds is 5. The van der Waals surface area contributed by atoms with Crippen LogP contribution in [0.15, 0.2) is 54.6 Å². The normalized spacial score (nSPS) is 27.6. The number of hydrogen-bond donors (Lipinski definition) is 3. The summed E-state index contributed by atoms with van der Waals surface area (Å²) in [5.74, 6) is 1.30. The SMILES string of the molecule is CC(Nc1ccc(NC(=O)C2CC3CCCC(C2)C3N)cc1)c1ccccc1. The van der Waals surface area contributed by atoms with Crippen molar-refractivity contribution < 1.29 is 4.79 Å². The predicted molar refractivity (Wildman–Crippen MR) is 115 cm³/mol. The maximum Gasteiger partial charge on any atom is 0.227 e. The van der Waals surface area contributed by atoms with Crippen molar-refractivity contribution in [1.29, 1.82) is 0 Å². The average Bonchev–Trinajstić information content (AvgIpc) is 2.70. The molecule has 4 nitrogen and oxygen atoms in total. The van der Waals surface area contributed by atoms with Crippen LogP contribution in [0.5, 0.6) is 0 Å². The first-order valence-corrected chi connectivity index (χ1v) is 10.6. The van der Waals surface area contributed by atoms with Gasteiger partial charge in [-0.2, -0.15) is 0 Å². The molecular weight excluding hydrogens is 346 g/mol. The van der Waals surface area contributed by atoms with Crippen LogP contribution in [0, 0.1) is 17.8 Å². The summed E-state index contributed by atoms with van der Waals surface area (Å²) >= 11 is 0. The van der Waals surface area contributed by atoms with Crippen molar-refractivity contribution in [3.8, 4) is 0 Å². The number of benzene rings is 2. The minimum absolute atomic E-state index is 0.103. The number of nitrogens with two attached hydrogens (primary N) is 1. The first-order valence-electron chi connectivity index (χ1n) is 10.6. The molecule has 2 aromatic rings. The van der Waals surface area contributed by atoms with E-state index in [2.05, 4.69) is 41.8 Å². The summed E-state index contributed by atoms with van der Waals surface area (Å²) in [6.45, 7) is 2.15. The van der Waals surface area contributed by atoms with Crippen LogP contribution in [0.25, 0.3) is 0 Å². The van der Waals surface area contributed by atoms with Gasteiger partial charge in [0.15, 0.2) is 0 Å². The summed E-state index contributed by atoms with van der Waals surface area (Å²) < 4.78 is 0. The highest BCUT2D eigenvalue weighted by Gasteiger charge is 2.40. The molecule has 4 N–H and O–H groups in total. The number of carbonyl (C=O) groups excluding carboxylic acids is 1. The van der Waals surface area contributed by atoms with Gasteiger partial charge in [0.25, 0.3) is 0 Å². The van der Waals surface area contributed by atoms with Crippen molar-refractivity contribution in [1.82, 2.24) is 0 Å². The molecule has 3 unspecified atom stereocenters. The van der Waals surface area contributed by atoms with Crippen molar-refractivity contribution in [2.45, 2.75) is 51.1 Å². The van der Waals surface area contributed by atoms with Gasteiger partial charge in [-0.05, 0) is 74.3 Å². The van der Waals surface area contributed by atoms with Crippen molar-refractivity contribution in [2.75, 3.05) is 10.6 Å². The van der Waals surface area contributed by atoms with Crippen LogP contribution >= 0.6 is 0 Å². The zero-order chi connectivity index (χ0) is 19.5. The summed E-state index contributed by atoms with van der Waals surface area (Å²) in [5, 5.41) is 6.63. The third-order valence-corrected chi connectivity index (χ3v) is 6.62. The fourth-order valence-electron chi connectivity index (χ4n) is 4.97. The van der Waals surface area contributed by atoms with E-state index in [4.69, 9.17) is 5.73 Å². The molecule has 28 heavy (non-hydrogen) atoms. The molecule has 2 fully saturated rings. The number of amides is 1. The van der Waals surface area contributed by atoms with Crippen LogP contribution in [0.2, 0.25) is 0 Å². The summed E-state index contributed by atoms with van der Waals surface area (Å²) in [5.41, 5.74) is 9.52. The number of hydrogen-bond acceptors (Lipinski definition) is 3. The standard InChI is InChI=1S/C24H31N3O/c1-16(17-6-3-2-4-7-17)26-21-10-12-22(13-11-21)27-24(28)20-14-18-8-5-9-19(15-20)23(18)25/h2-4,6-7,10-13,16,18-20,23,26H,5,8-9,14-15,25H2,1H3,(H,27,28). The lowest BCUT2D eigenvalue weighted by Crippen LogP contribution is -2.48. The maximum absolute atomic E-state index is 12.8. The van der Waals surface area contributed by atoms with Crippen LogP contribution in [-0.2, 0) is 4.79 Å². The largest absolute Gasteiger partial charge is 0.379 e. The molecule has 148 valence electrons. The molecule has 0 saturated heterocycles. The third kappa shape index (κ3) is 4.22. The van der Waals surface area contributed by atoms with Gasteiger partial charge < -0.3 is 16.4 Å². The van der Waals surface area contributed by atoms with Gasteiger partial charge in [-0.15, -0.1) is 0 Å². The first kappa shape index (κ1) is 19.0. The van der Waals surface area contributed by atoms with Gasteiger partial charge in [0.2, 0.25) is 5.91 Å². The molecule has 4 heteroatoms. The number of carbonyl (C=O) groups is 1. The van der Waals surface area contributed by atoms with Crippen LogP contribution in [-0.4, -0.2) is 11.9 Å². The molecule has 0 radical (unpaired) electrons. The lowest BCUT2D eigenvalue weighted by molar-refractivity contribution is -0.122. The highest BCUT2D eigenvalue weighted by atomic mass is 16.1. The Morgan fingerprint density at radius 1 is 0.964 bits per heavy atom. The Morgan fingerprint density at radius 2 is 1.57 bits per heavy atom. The molecule has 2 bridgehead atoms. The van der Waals surface area contributed by atoms with Gasteiger partial charge in [0.1, 0.15) is 0 Å². The summed E-state index contributed by atoms with van der Waals surface area (Å²) in [7, 11) is 0. The summed E-state index contributed by atoms with van der Waals surface area (Å²) in [6.07, 6.45) is 5.52. The van der Waals surface area contributed by atoms with E-state index in [9.17, 15) is 4.79 Å². The second kappa shape index (κ2) is 8.36. The van der Waals surface area contributed by atoms with Gasteiger partial charge in [0, 0.05) is 29.4 Å². The van der Waals surface area contributed by atoms with Gasteiger partial charge >= 0.3 is 0 Å². The second-order valence-electron chi connectivity index (χ2n) is 8.54. The van der Waals surface area contributed by atoms with E-state index >= 15 is 0 Å². The molecule has 0 heterocycles. The molecule has 0 aromatic heterocycles. The Morgan fingerprint density at radius 3 is 2.21 bits per heavy atom. The third-order valence-electron chi connectivity index (χ3n) is 6.62. The molecule has 2 aromatic carbocycles. The Kier molecular flexibility index (Phi) is 5.67. The topological polar surface area (TPSA) is 67.1 Å².